The van der Waals surface area contributed by atoms with Crippen LogP contribution in [0.2, 0.25) is 0 Å². The van der Waals surface area contributed by atoms with Crippen molar-refractivity contribution < 1.29 is 19.0 Å². The maximum Gasteiger partial charge on any atom is 0.338 e. The molecule has 0 spiro atoms. The summed E-state index contributed by atoms with van der Waals surface area (Å²) in [5, 5.41) is 0. The van der Waals surface area contributed by atoms with E-state index < -0.39 is 23.4 Å². The quantitative estimate of drug-likeness (QED) is 0.303. The Morgan fingerprint density at radius 3 is 3.00 bits per heavy atom. The number of carbonyl (C=O) groups excluding carboxylic acids is 1. The molecule has 0 aliphatic carbocycles. The summed E-state index contributed by atoms with van der Waals surface area (Å²) in [4.78, 5) is 35.1. The summed E-state index contributed by atoms with van der Waals surface area (Å²) >= 11 is 2.25. The van der Waals surface area contributed by atoms with Gasteiger partial charge in [-0.05, 0) is 12.1 Å². The normalized spacial score (nSPS) is 28.1. The second-order valence-corrected chi connectivity index (χ2v) is 8.31. The first-order valence-corrected chi connectivity index (χ1v) is 10.1. The lowest BCUT2D eigenvalue weighted by Gasteiger charge is -2.30. The van der Waals surface area contributed by atoms with Crippen LogP contribution in [0.15, 0.2) is 41.5 Å². The number of alkyl halides is 1. The van der Waals surface area contributed by atoms with Crippen LogP contribution < -0.4 is 11.3 Å². The van der Waals surface area contributed by atoms with E-state index in [1.807, 2.05) is 6.07 Å². The van der Waals surface area contributed by atoms with Crippen molar-refractivity contribution in [2.24, 2.45) is 0 Å². The number of H-pyrrole nitrogens is 1. The molecule has 2 aliphatic rings. The molecule has 0 amide bonds. The molecule has 3 aromatic rings. The number of nitrogen functional groups attached to an aromatic ring is 1. The van der Waals surface area contributed by atoms with Gasteiger partial charge in [0.05, 0.1) is 22.4 Å². The van der Waals surface area contributed by atoms with Crippen LogP contribution in [0, 0.1) is 0 Å². The molecule has 5 rings (SSSR count). The van der Waals surface area contributed by atoms with Gasteiger partial charge >= 0.3 is 5.97 Å². The summed E-state index contributed by atoms with van der Waals surface area (Å²) in [6.07, 6.45) is 0.596. The predicted molar refractivity (Wildman–Crippen MR) is 110 cm³/mol. The molecule has 10 nitrogen and oxygen atoms in total. The van der Waals surface area contributed by atoms with Crippen molar-refractivity contribution in [1.29, 1.82) is 0 Å². The average Bonchev–Trinajstić information content (AvgIpc) is 3.36. The topological polar surface area (TPSA) is 134 Å². The number of fused-ring (bicyclic) bond motifs is 3. The number of nitrogens with one attached hydrogen (secondary N) is 1. The maximum absolute atomic E-state index is 12.3. The molecule has 3 N–H and O–H groups in total. The Morgan fingerprint density at radius 1 is 1.41 bits per heavy atom. The smallest absolute Gasteiger partial charge is 0.338 e. The van der Waals surface area contributed by atoms with Crippen LogP contribution in [0.4, 0.5) is 5.95 Å². The number of hydrogen-bond donors (Lipinski definition) is 2. The highest BCUT2D eigenvalue weighted by atomic mass is 127. The van der Waals surface area contributed by atoms with E-state index in [1.54, 1.807) is 28.8 Å². The summed E-state index contributed by atoms with van der Waals surface area (Å²) < 4.78 is 19.3. The van der Waals surface area contributed by atoms with Crippen molar-refractivity contribution in [3.63, 3.8) is 0 Å². The van der Waals surface area contributed by atoms with Gasteiger partial charge in [-0.1, -0.05) is 40.8 Å². The second kappa shape index (κ2) is 6.78. The van der Waals surface area contributed by atoms with E-state index in [1.165, 1.54) is 6.33 Å². The minimum atomic E-state index is -0.802. The number of esters is 1. The number of imidazole rings is 1. The van der Waals surface area contributed by atoms with E-state index in [0.29, 0.717) is 17.8 Å². The molecule has 11 heteroatoms. The molecule has 150 valence electrons. The maximum atomic E-state index is 12.3. The molecule has 2 bridgehead atoms. The van der Waals surface area contributed by atoms with Gasteiger partial charge in [-0.25, -0.2) is 9.78 Å². The van der Waals surface area contributed by atoms with E-state index in [0.717, 1.165) is 0 Å². The SMILES string of the molecule is Nc1nc2c(ncn2[C@@H]2O[C@@]3(COC(=O)c4ccccc4)CO[C@H]2C3I)c(=O)[nH]1. The van der Waals surface area contributed by atoms with E-state index in [2.05, 4.69) is 37.5 Å². The van der Waals surface area contributed by atoms with Gasteiger partial charge in [0.25, 0.3) is 5.56 Å². The number of anilines is 1. The lowest BCUT2D eigenvalue weighted by molar-refractivity contribution is -0.182. The Balaban J connectivity index is 1.41. The summed E-state index contributed by atoms with van der Waals surface area (Å²) in [6, 6.07) is 8.77. The van der Waals surface area contributed by atoms with Crippen LogP contribution >= 0.6 is 22.6 Å². The average molecular weight is 509 g/mol. The zero-order valence-corrected chi connectivity index (χ0v) is 17.1. The largest absolute Gasteiger partial charge is 0.459 e. The minimum Gasteiger partial charge on any atom is -0.459 e. The Hall–Kier alpha value is -2.51. The van der Waals surface area contributed by atoms with Gasteiger partial charge in [0, 0.05) is 0 Å². The van der Waals surface area contributed by atoms with Crippen LogP contribution in [0.1, 0.15) is 16.6 Å². The number of aromatic amines is 1. The molecular weight excluding hydrogens is 493 g/mol. The fourth-order valence-corrected chi connectivity index (χ4v) is 4.75. The summed E-state index contributed by atoms with van der Waals surface area (Å²) in [5.74, 6) is -0.431. The molecule has 0 saturated carbocycles. The number of hydrogen-bond acceptors (Lipinski definition) is 8. The fraction of sp³-hybridized carbons (Fsp3) is 0.333. The molecule has 1 unspecified atom stereocenters. The number of rotatable bonds is 4. The molecular formula is C18H16IN5O5. The van der Waals surface area contributed by atoms with Crippen LogP contribution in [0.25, 0.3) is 11.2 Å². The number of benzene rings is 1. The van der Waals surface area contributed by atoms with Crippen LogP contribution in [0.3, 0.4) is 0 Å². The number of nitrogens with two attached hydrogens (primary N) is 1. The number of aromatic nitrogens is 4. The molecule has 1 aromatic carbocycles. The van der Waals surface area contributed by atoms with Gasteiger partial charge in [0.1, 0.15) is 18.3 Å². The second-order valence-electron chi connectivity index (χ2n) is 6.97. The zero-order valence-electron chi connectivity index (χ0n) is 14.9. The molecule has 4 heterocycles. The first-order valence-electron chi connectivity index (χ1n) is 8.86. The first-order chi connectivity index (χ1) is 14.0. The standard InChI is InChI=1S/C18H16IN5O5/c19-12-11-15(24-8-21-10-13(24)22-17(20)23-14(10)25)29-18(12,6-27-11)7-28-16(26)9-4-2-1-3-5-9/h1-5,8,11-12,15H,6-7H2,(H3,20,22,23,25)/t11-,12?,15+,18+/m0/s1. The van der Waals surface area contributed by atoms with E-state index in [9.17, 15) is 9.59 Å². The van der Waals surface area contributed by atoms with Crippen LogP contribution in [-0.2, 0) is 14.2 Å². The lowest BCUT2D eigenvalue weighted by atomic mass is 10.0. The highest BCUT2D eigenvalue weighted by molar-refractivity contribution is 14.1. The molecule has 2 aliphatic heterocycles. The van der Waals surface area contributed by atoms with Gasteiger partial charge in [0.2, 0.25) is 5.95 Å². The van der Waals surface area contributed by atoms with Crippen molar-refractivity contribution in [2.75, 3.05) is 18.9 Å². The molecule has 4 atom stereocenters. The minimum absolute atomic E-state index is 0.00847. The monoisotopic (exact) mass is 509 g/mol. The molecule has 2 saturated heterocycles. The predicted octanol–water partition coefficient (Wildman–Crippen LogP) is 1.03. The Kier molecular flexibility index (Phi) is 4.33. The van der Waals surface area contributed by atoms with Crippen LogP contribution in [0.5, 0.6) is 0 Å². The highest BCUT2D eigenvalue weighted by Crippen LogP contribution is 2.49. The van der Waals surface area contributed by atoms with Gasteiger partial charge in [-0.15, -0.1) is 0 Å². The summed E-state index contributed by atoms with van der Waals surface area (Å²) in [6.45, 7) is 0.344. The molecule has 29 heavy (non-hydrogen) atoms. The van der Waals surface area contributed by atoms with Crippen molar-refractivity contribution in [3.8, 4) is 0 Å². The van der Waals surface area contributed by atoms with Crippen molar-refractivity contribution in [2.45, 2.75) is 21.9 Å². The van der Waals surface area contributed by atoms with E-state index in [-0.39, 0.29) is 28.1 Å². The molecule has 2 fully saturated rings. The molecule has 0 radical (unpaired) electrons. The zero-order chi connectivity index (χ0) is 20.2. The summed E-state index contributed by atoms with van der Waals surface area (Å²) in [5.41, 5.74) is 5.40. The van der Waals surface area contributed by atoms with Gasteiger partial charge in [0.15, 0.2) is 17.4 Å². The highest BCUT2D eigenvalue weighted by Gasteiger charge is 2.62. The third-order valence-electron chi connectivity index (χ3n) is 5.13. The van der Waals surface area contributed by atoms with Gasteiger partial charge < -0.3 is 19.9 Å². The van der Waals surface area contributed by atoms with Crippen molar-refractivity contribution >= 4 is 45.7 Å². The van der Waals surface area contributed by atoms with Crippen molar-refractivity contribution in [3.05, 3.63) is 52.6 Å². The molecule has 2 aromatic heterocycles. The number of carbonyl (C=O) groups is 1. The van der Waals surface area contributed by atoms with E-state index >= 15 is 0 Å². The van der Waals surface area contributed by atoms with Crippen molar-refractivity contribution in [1.82, 2.24) is 19.5 Å². The fourth-order valence-electron chi connectivity index (χ4n) is 3.68. The van der Waals surface area contributed by atoms with Gasteiger partial charge in [-0.3, -0.25) is 14.3 Å². The Morgan fingerprint density at radius 2 is 2.21 bits per heavy atom. The number of nitrogens with zero attached hydrogens (tertiary/aromatic N) is 3. The summed E-state index contributed by atoms with van der Waals surface area (Å²) in [7, 11) is 0. The number of halogens is 1. The third-order valence-corrected chi connectivity index (χ3v) is 6.97. The lowest BCUT2D eigenvalue weighted by Crippen LogP contribution is -2.43. The first kappa shape index (κ1) is 18.5. The Bertz CT molecular complexity index is 1150. The number of ether oxygens (including phenoxy) is 3. The third kappa shape index (κ3) is 2.91. The Labute approximate surface area is 177 Å². The van der Waals surface area contributed by atoms with Crippen LogP contribution in [-0.4, -0.2) is 54.3 Å². The van der Waals surface area contributed by atoms with Gasteiger partial charge in [-0.2, -0.15) is 4.98 Å². The van der Waals surface area contributed by atoms with E-state index in [4.69, 9.17) is 19.9 Å².